The number of halogens is 6. The Morgan fingerprint density at radius 2 is 1.89 bits per heavy atom. The molecule has 0 bridgehead atoms. The van der Waals surface area contributed by atoms with Gasteiger partial charge in [-0.25, -0.2) is 9.45 Å². The van der Waals surface area contributed by atoms with Gasteiger partial charge in [0.25, 0.3) is 17.4 Å². The summed E-state index contributed by atoms with van der Waals surface area (Å²) in [5, 5.41) is 3.69. The van der Waals surface area contributed by atoms with E-state index in [2.05, 4.69) is 5.16 Å². The first kappa shape index (κ1) is 27.2. The summed E-state index contributed by atoms with van der Waals surface area (Å²) in [5.74, 6) is -1.83. The van der Waals surface area contributed by atoms with Gasteiger partial charge < -0.3 is 9.74 Å². The molecular weight excluding hydrogens is 541 g/mol. The van der Waals surface area contributed by atoms with E-state index in [-0.39, 0.29) is 23.8 Å². The maximum Gasteiger partial charge on any atom is 0.435 e. The third-order valence-electron chi connectivity index (χ3n) is 6.42. The van der Waals surface area contributed by atoms with Crippen LogP contribution in [0.5, 0.6) is 0 Å². The van der Waals surface area contributed by atoms with Crippen molar-refractivity contribution < 1.29 is 36.8 Å². The minimum Gasteiger partial charge on any atom is -0.374 e. The second-order valence-corrected chi connectivity index (χ2v) is 9.49. The van der Waals surface area contributed by atoms with E-state index >= 15 is 0 Å². The smallest absolute Gasteiger partial charge is 0.374 e. The Labute approximate surface area is 219 Å². The Hall–Kier alpha value is -2.89. The summed E-state index contributed by atoms with van der Waals surface area (Å²) < 4.78 is 56.6. The van der Waals surface area contributed by atoms with Crippen LogP contribution in [-0.4, -0.2) is 59.9 Å². The van der Waals surface area contributed by atoms with Gasteiger partial charge in [0.1, 0.15) is 12.6 Å². The lowest BCUT2D eigenvalue weighted by atomic mass is 9.86. The van der Waals surface area contributed by atoms with Gasteiger partial charge in [-0.15, -0.1) is 0 Å². The molecule has 0 aliphatic carbocycles. The van der Waals surface area contributed by atoms with Crippen LogP contribution in [0.4, 0.5) is 17.6 Å². The van der Waals surface area contributed by atoms with E-state index in [9.17, 15) is 27.2 Å². The Morgan fingerprint density at radius 3 is 2.43 bits per heavy atom. The predicted octanol–water partition coefficient (Wildman–Crippen LogP) is 5.26. The van der Waals surface area contributed by atoms with E-state index in [0.717, 1.165) is 12.1 Å². The lowest BCUT2D eigenvalue weighted by Gasteiger charge is -2.29. The lowest BCUT2D eigenvalue weighted by Crippen LogP contribution is -2.44. The van der Waals surface area contributed by atoms with E-state index in [1.54, 1.807) is 13.8 Å². The average Bonchev–Trinajstić information content (AvgIpc) is 3.46. The van der Waals surface area contributed by atoms with E-state index in [1.807, 2.05) is 0 Å². The number of likely N-dealkylation sites (N-methyl/N-ethyl adjacent to an activating group) is 2. The van der Waals surface area contributed by atoms with Crippen molar-refractivity contribution in [3.63, 3.8) is 0 Å². The van der Waals surface area contributed by atoms with Crippen molar-refractivity contribution in [1.29, 1.82) is 0 Å². The zero-order valence-electron chi connectivity index (χ0n) is 19.8. The van der Waals surface area contributed by atoms with Crippen LogP contribution >= 0.6 is 23.2 Å². The molecule has 4 rings (SSSR count). The van der Waals surface area contributed by atoms with Crippen molar-refractivity contribution in [2.75, 3.05) is 20.2 Å². The maximum atomic E-state index is 14.3. The third kappa shape index (κ3) is 4.64. The Balaban J connectivity index is 1.60. The number of aryl methyl sites for hydroxylation is 1. The van der Waals surface area contributed by atoms with E-state index in [1.165, 1.54) is 35.2 Å². The molecule has 2 aliphatic rings. The highest BCUT2D eigenvalue weighted by molar-refractivity contribution is 6.35. The molecule has 2 aromatic carbocycles. The number of carbonyl (C=O) groups is 2. The molecule has 2 heterocycles. The predicted molar refractivity (Wildman–Crippen MR) is 127 cm³/mol. The van der Waals surface area contributed by atoms with Gasteiger partial charge in [0.05, 0.1) is 15.8 Å². The van der Waals surface area contributed by atoms with Crippen LogP contribution in [0.1, 0.15) is 40.4 Å². The van der Waals surface area contributed by atoms with E-state index < -0.39 is 51.6 Å². The number of nitrogens with zero attached hydrogens (tertiary/aromatic N) is 3. The van der Waals surface area contributed by atoms with Crippen molar-refractivity contribution in [1.82, 2.24) is 9.96 Å². The first-order valence-electron chi connectivity index (χ1n) is 11.1. The largest absolute Gasteiger partial charge is 0.435 e. The van der Waals surface area contributed by atoms with Crippen LogP contribution in [-0.2, 0) is 20.1 Å². The molecule has 1 saturated heterocycles. The molecular formula is C24H21Cl2F4N3O4. The second kappa shape index (κ2) is 9.77. The summed E-state index contributed by atoms with van der Waals surface area (Å²) in [5.41, 5.74) is -2.47. The summed E-state index contributed by atoms with van der Waals surface area (Å²) in [6.07, 6.45) is -5.68. The number of carbonyl (C=O) groups excluding carboxylic acids is 2. The zero-order valence-corrected chi connectivity index (χ0v) is 21.3. The number of alkyl halides is 3. The standard InChI is InChI=1S/C24H21Cl2F4N3O4/c1-4-33-22(35)19(11-36-33)32(3)21(34)15-6-5-13(7-12(15)2)18-10-23(37-31-18,24(28,29)30)14-8-16(25)20(27)17(26)9-14/h5-9,19H,4,10-11H2,1-3H3. The van der Waals surface area contributed by atoms with Gasteiger partial charge in [0, 0.05) is 31.1 Å². The molecule has 0 radical (unpaired) electrons. The van der Waals surface area contributed by atoms with Crippen LogP contribution in [0.25, 0.3) is 0 Å². The molecule has 13 heteroatoms. The first-order valence-corrected chi connectivity index (χ1v) is 11.9. The average molecular weight is 562 g/mol. The monoisotopic (exact) mass is 561 g/mol. The van der Waals surface area contributed by atoms with Crippen molar-refractivity contribution in [3.8, 4) is 0 Å². The van der Waals surface area contributed by atoms with Gasteiger partial charge in [0.15, 0.2) is 5.82 Å². The normalized spacial score (nSPS) is 21.8. The molecule has 1 fully saturated rings. The summed E-state index contributed by atoms with van der Waals surface area (Å²) >= 11 is 11.5. The molecule has 0 N–H and O–H groups in total. The molecule has 2 aromatic rings. The summed E-state index contributed by atoms with van der Waals surface area (Å²) in [7, 11) is 1.48. The van der Waals surface area contributed by atoms with Gasteiger partial charge in [0.2, 0.25) is 0 Å². The van der Waals surface area contributed by atoms with Gasteiger partial charge >= 0.3 is 6.18 Å². The number of benzene rings is 2. The van der Waals surface area contributed by atoms with Gasteiger partial charge in [-0.3, -0.25) is 14.4 Å². The number of amides is 2. The molecule has 37 heavy (non-hydrogen) atoms. The van der Waals surface area contributed by atoms with Crippen molar-refractivity contribution in [2.24, 2.45) is 5.16 Å². The highest BCUT2D eigenvalue weighted by atomic mass is 35.5. The highest BCUT2D eigenvalue weighted by Gasteiger charge is 2.62. The Bertz CT molecular complexity index is 1280. The van der Waals surface area contributed by atoms with E-state index in [4.69, 9.17) is 32.9 Å². The maximum absolute atomic E-state index is 14.3. The molecule has 7 nitrogen and oxygen atoms in total. The molecule has 2 amide bonds. The summed E-state index contributed by atoms with van der Waals surface area (Å²) in [6.45, 7) is 3.72. The molecule has 2 unspecified atom stereocenters. The molecule has 0 spiro atoms. The fourth-order valence-electron chi connectivity index (χ4n) is 4.25. The minimum absolute atomic E-state index is 0.0249. The third-order valence-corrected chi connectivity index (χ3v) is 6.97. The first-order chi connectivity index (χ1) is 17.3. The summed E-state index contributed by atoms with van der Waals surface area (Å²) in [6, 6.07) is 5.23. The van der Waals surface area contributed by atoms with Gasteiger partial charge in [-0.1, -0.05) is 34.4 Å². The van der Waals surface area contributed by atoms with E-state index in [0.29, 0.717) is 17.7 Å². The lowest BCUT2D eigenvalue weighted by molar-refractivity contribution is -0.275. The SMILES string of the molecule is CCN1OCC(N(C)C(=O)c2ccc(C3=NOC(c4cc(Cl)c(F)c(Cl)c4)(C(F)(F)F)C3)cc2C)C1=O. The molecule has 0 saturated carbocycles. The Kier molecular flexibility index (Phi) is 7.17. The number of hydrogen-bond acceptors (Lipinski definition) is 5. The van der Waals surface area contributed by atoms with Crippen LogP contribution in [0, 0.1) is 12.7 Å². The number of hydrogen-bond donors (Lipinski definition) is 0. The Morgan fingerprint density at radius 1 is 1.24 bits per heavy atom. The van der Waals surface area contributed by atoms with Crippen molar-refractivity contribution in [2.45, 2.75) is 38.1 Å². The van der Waals surface area contributed by atoms with Crippen molar-refractivity contribution >= 4 is 40.7 Å². The van der Waals surface area contributed by atoms with Crippen LogP contribution in [0.3, 0.4) is 0 Å². The summed E-state index contributed by atoms with van der Waals surface area (Å²) in [4.78, 5) is 37.0. The van der Waals surface area contributed by atoms with Crippen molar-refractivity contribution in [3.05, 3.63) is 68.4 Å². The second-order valence-electron chi connectivity index (χ2n) is 8.67. The zero-order chi connectivity index (χ0) is 27.3. The number of oxime groups is 1. The molecule has 2 atom stereocenters. The molecule has 2 aliphatic heterocycles. The topological polar surface area (TPSA) is 71.4 Å². The van der Waals surface area contributed by atoms with Gasteiger partial charge in [-0.2, -0.15) is 13.2 Å². The van der Waals surface area contributed by atoms with Gasteiger partial charge in [-0.05, 0) is 49.2 Å². The van der Waals surface area contributed by atoms with Crippen LogP contribution in [0.15, 0.2) is 35.5 Å². The highest BCUT2D eigenvalue weighted by Crippen LogP contribution is 2.50. The minimum atomic E-state index is -4.95. The fraction of sp³-hybridized carbons (Fsp3) is 0.375. The van der Waals surface area contributed by atoms with Crippen LogP contribution < -0.4 is 0 Å². The number of rotatable bonds is 5. The van der Waals surface area contributed by atoms with Crippen LogP contribution in [0.2, 0.25) is 10.0 Å². The quantitative estimate of drug-likeness (QED) is 0.369. The molecule has 0 aromatic heterocycles. The number of hydroxylamine groups is 2. The molecule has 198 valence electrons. The fourth-order valence-corrected chi connectivity index (χ4v) is 4.74.